The van der Waals surface area contributed by atoms with Crippen molar-refractivity contribution in [3.05, 3.63) is 0 Å². The number of nitrogens with zero attached hydrogens (tertiary/aromatic N) is 1. The number of rotatable bonds is 5. The standard InChI is InChI=1S/C17H34N2/c1-15(2)12-18-13-16-8-7-11-19(14-16)17-9-5-3-4-6-10-17/h15-18H,3-14H2,1-2H3. The SMILES string of the molecule is CC(C)CNCC1CCCN(C2CCCCCC2)C1. The molecule has 2 nitrogen and oxygen atoms in total. The van der Waals surface area contributed by atoms with E-state index >= 15 is 0 Å². The third-order valence-electron chi connectivity index (χ3n) is 4.88. The van der Waals surface area contributed by atoms with Gasteiger partial charge >= 0.3 is 0 Å². The van der Waals surface area contributed by atoms with Gasteiger partial charge in [-0.25, -0.2) is 0 Å². The molecule has 2 rings (SSSR count). The first-order valence-electron chi connectivity index (χ1n) is 8.70. The number of hydrogen-bond acceptors (Lipinski definition) is 2. The molecule has 1 aliphatic carbocycles. The molecule has 0 bridgehead atoms. The van der Waals surface area contributed by atoms with Crippen LogP contribution in [0.25, 0.3) is 0 Å². The molecule has 2 heteroatoms. The van der Waals surface area contributed by atoms with E-state index in [1.165, 1.54) is 77.5 Å². The molecule has 112 valence electrons. The van der Waals surface area contributed by atoms with Crippen LogP contribution < -0.4 is 5.32 Å². The fourth-order valence-electron chi connectivity index (χ4n) is 3.79. The van der Waals surface area contributed by atoms with Crippen LogP contribution in [0.4, 0.5) is 0 Å². The van der Waals surface area contributed by atoms with Crippen LogP contribution in [0.15, 0.2) is 0 Å². The molecular weight excluding hydrogens is 232 g/mol. The van der Waals surface area contributed by atoms with E-state index in [1.54, 1.807) is 0 Å². The van der Waals surface area contributed by atoms with E-state index in [4.69, 9.17) is 0 Å². The second kappa shape index (κ2) is 8.26. The maximum absolute atomic E-state index is 3.66. The van der Waals surface area contributed by atoms with Gasteiger partial charge in [0.25, 0.3) is 0 Å². The van der Waals surface area contributed by atoms with Crippen LogP contribution in [0.1, 0.15) is 65.2 Å². The van der Waals surface area contributed by atoms with Crippen LogP contribution in [0.2, 0.25) is 0 Å². The first-order valence-corrected chi connectivity index (χ1v) is 8.70. The van der Waals surface area contributed by atoms with Crippen molar-refractivity contribution >= 4 is 0 Å². The van der Waals surface area contributed by atoms with E-state index in [-0.39, 0.29) is 0 Å². The van der Waals surface area contributed by atoms with Crippen molar-refractivity contribution in [2.75, 3.05) is 26.2 Å². The lowest BCUT2D eigenvalue weighted by Crippen LogP contribution is -2.45. The molecule has 1 aliphatic heterocycles. The Balaban J connectivity index is 1.72. The summed E-state index contributed by atoms with van der Waals surface area (Å²) in [6, 6.07) is 0.912. The van der Waals surface area contributed by atoms with E-state index in [0.717, 1.165) is 17.9 Å². The van der Waals surface area contributed by atoms with Gasteiger partial charge < -0.3 is 10.2 Å². The van der Waals surface area contributed by atoms with Crippen molar-refractivity contribution in [2.45, 2.75) is 71.3 Å². The maximum Gasteiger partial charge on any atom is 0.00953 e. The van der Waals surface area contributed by atoms with Gasteiger partial charge in [-0.3, -0.25) is 0 Å². The largest absolute Gasteiger partial charge is 0.316 e. The highest BCUT2D eigenvalue weighted by atomic mass is 15.2. The van der Waals surface area contributed by atoms with Crippen molar-refractivity contribution in [3.8, 4) is 0 Å². The summed E-state index contributed by atoms with van der Waals surface area (Å²) >= 11 is 0. The fourth-order valence-corrected chi connectivity index (χ4v) is 3.79. The monoisotopic (exact) mass is 266 g/mol. The number of nitrogens with one attached hydrogen (secondary N) is 1. The third kappa shape index (κ3) is 5.43. The van der Waals surface area contributed by atoms with E-state index in [9.17, 15) is 0 Å². The normalized spacial score (nSPS) is 27.6. The minimum absolute atomic E-state index is 0.779. The topological polar surface area (TPSA) is 15.3 Å². The molecule has 1 saturated carbocycles. The fraction of sp³-hybridized carbons (Fsp3) is 1.00. The van der Waals surface area contributed by atoms with Crippen molar-refractivity contribution in [3.63, 3.8) is 0 Å². The minimum atomic E-state index is 0.779. The van der Waals surface area contributed by atoms with Crippen LogP contribution >= 0.6 is 0 Å². The summed E-state index contributed by atoms with van der Waals surface area (Å²) in [5.74, 6) is 1.68. The second-order valence-corrected chi connectivity index (χ2v) is 7.20. The number of piperidine rings is 1. The molecule has 1 heterocycles. The van der Waals surface area contributed by atoms with Crippen LogP contribution in [0.3, 0.4) is 0 Å². The third-order valence-corrected chi connectivity index (χ3v) is 4.88. The molecule has 1 saturated heterocycles. The first-order chi connectivity index (χ1) is 9.25. The highest BCUT2D eigenvalue weighted by molar-refractivity contribution is 4.81. The zero-order valence-electron chi connectivity index (χ0n) is 13.2. The quantitative estimate of drug-likeness (QED) is 0.764. The van der Waals surface area contributed by atoms with Crippen molar-refractivity contribution in [1.82, 2.24) is 10.2 Å². The summed E-state index contributed by atoms with van der Waals surface area (Å²) in [5.41, 5.74) is 0. The molecule has 1 unspecified atom stereocenters. The Bertz CT molecular complexity index is 231. The Hall–Kier alpha value is -0.0800. The van der Waals surface area contributed by atoms with Crippen LogP contribution in [0.5, 0.6) is 0 Å². The Kier molecular flexibility index (Phi) is 6.66. The molecule has 19 heavy (non-hydrogen) atoms. The Morgan fingerprint density at radius 2 is 1.74 bits per heavy atom. The second-order valence-electron chi connectivity index (χ2n) is 7.20. The van der Waals surface area contributed by atoms with Gasteiger partial charge in [-0.1, -0.05) is 39.5 Å². The van der Waals surface area contributed by atoms with Gasteiger partial charge in [0.15, 0.2) is 0 Å². The summed E-state index contributed by atoms with van der Waals surface area (Å²) in [5, 5.41) is 3.66. The zero-order chi connectivity index (χ0) is 13.5. The van der Waals surface area contributed by atoms with Crippen LogP contribution in [-0.2, 0) is 0 Å². The summed E-state index contributed by atoms with van der Waals surface area (Å²) in [7, 11) is 0. The lowest BCUT2D eigenvalue weighted by Gasteiger charge is -2.38. The molecule has 0 radical (unpaired) electrons. The highest BCUT2D eigenvalue weighted by Gasteiger charge is 2.26. The van der Waals surface area contributed by atoms with Gasteiger partial charge in [0.1, 0.15) is 0 Å². The number of hydrogen-bond donors (Lipinski definition) is 1. The van der Waals surface area contributed by atoms with Gasteiger partial charge in [-0.15, -0.1) is 0 Å². The summed E-state index contributed by atoms with van der Waals surface area (Å²) in [4.78, 5) is 2.83. The average Bonchev–Trinajstić information content (AvgIpc) is 2.67. The molecular formula is C17H34N2. The molecule has 1 atom stereocenters. The predicted molar refractivity (Wildman–Crippen MR) is 83.5 cm³/mol. The van der Waals surface area contributed by atoms with Gasteiger partial charge in [0.05, 0.1) is 0 Å². The van der Waals surface area contributed by atoms with E-state index in [2.05, 4.69) is 24.1 Å². The molecule has 0 amide bonds. The van der Waals surface area contributed by atoms with Crippen molar-refractivity contribution in [1.29, 1.82) is 0 Å². The molecule has 2 fully saturated rings. The highest BCUT2D eigenvalue weighted by Crippen LogP contribution is 2.26. The summed E-state index contributed by atoms with van der Waals surface area (Å²) in [6.07, 6.45) is 11.7. The van der Waals surface area contributed by atoms with Crippen molar-refractivity contribution < 1.29 is 0 Å². The zero-order valence-corrected chi connectivity index (χ0v) is 13.2. The molecule has 0 aromatic carbocycles. The summed E-state index contributed by atoms with van der Waals surface area (Å²) < 4.78 is 0. The van der Waals surface area contributed by atoms with E-state index in [0.29, 0.717) is 0 Å². The molecule has 0 aromatic rings. The lowest BCUT2D eigenvalue weighted by molar-refractivity contribution is 0.111. The molecule has 1 N–H and O–H groups in total. The first kappa shape index (κ1) is 15.3. The molecule has 2 aliphatic rings. The smallest absolute Gasteiger partial charge is 0.00953 e. The summed E-state index contributed by atoms with van der Waals surface area (Å²) in [6.45, 7) is 9.74. The van der Waals surface area contributed by atoms with Crippen LogP contribution in [0, 0.1) is 11.8 Å². The Labute approximate surface area is 120 Å². The lowest BCUT2D eigenvalue weighted by atomic mass is 9.94. The van der Waals surface area contributed by atoms with E-state index < -0.39 is 0 Å². The maximum atomic E-state index is 3.66. The molecule has 0 aromatic heterocycles. The Morgan fingerprint density at radius 1 is 1.00 bits per heavy atom. The van der Waals surface area contributed by atoms with Gasteiger partial charge in [-0.05, 0) is 57.2 Å². The predicted octanol–water partition coefficient (Wildman–Crippen LogP) is 3.67. The Morgan fingerprint density at radius 3 is 2.42 bits per heavy atom. The van der Waals surface area contributed by atoms with Gasteiger partial charge in [0, 0.05) is 12.6 Å². The van der Waals surface area contributed by atoms with Gasteiger partial charge in [0.2, 0.25) is 0 Å². The number of likely N-dealkylation sites (tertiary alicyclic amines) is 1. The van der Waals surface area contributed by atoms with Crippen LogP contribution in [-0.4, -0.2) is 37.1 Å². The van der Waals surface area contributed by atoms with Gasteiger partial charge in [-0.2, -0.15) is 0 Å². The van der Waals surface area contributed by atoms with E-state index in [1.807, 2.05) is 0 Å². The minimum Gasteiger partial charge on any atom is -0.316 e. The average molecular weight is 266 g/mol. The van der Waals surface area contributed by atoms with Crippen molar-refractivity contribution in [2.24, 2.45) is 11.8 Å². The molecule has 0 spiro atoms.